The Morgan fingerprint density at radius 1 is 0.324 bits per heavy atom. The van der Waals surface area contributed by atoms with Crippen LogP contribution in [0.3, 0.4) is 0 Å². The van der Waals surface area contributed by atoms with Crippen LogP contribution in [-0.2, 0) is 0 Å². The molecule has 26 nitrogen and oxygen atoms in total. The lowest BCUT2D eigenvalue weighted by atomic mass is 9.80. The average Bonchev–Trinajstić information content (AvgIpc) is 3.70. The quantitative estimate of drug-likeness (QED) is 0.0277. The Morgan fingerprint density at radius 3 is 1.06 bits per heavy atom. The minimum Gasteiger partial charge on any atom is -0.511 e. The van der Waals surface area contributed by atoms with Crippen molar-refractivity contribution in [1.29, 1.82) is 0 Å². The summed E-state index contributed by atoms with van der Waals surface area (Å²) < 4.78 is 5.45. The molecule has 0 aliphatic rings. The summed E-state index contributed by atoms with van der Waals surface area (Å²) in [5.41, 5.74) is -10.6. The molecule has 0 radical (unpaired) electrons. The van der Waals surface area contributed by atoms with Gasteiger partial charge >= 0.3 is 0 Å². The highest BCUT2D eigenvalue weighted by atomic mass is 16.5. The molecule has 0 aliphatic carbocycles. The Hall–Kier alpha value is -10.1. The molecule has 0 saturated heterocycles. The SMILES string of the molecule is C=C(O)/C(=C(/O)CC(O)O)c1c(O)c(O)c(O)c(O)c1-c1c2c(O)c(O)c(O)c(O)c2c(-c2c(O)c(O)c3oc4c(O)c5c(O)c(O)c(O)c(O)c5c(O)c4c3c2O)c2c(O)c(O)c(O)c(O)c12. The number of phenolic OH excluding ortho intramolecular Hbond substituents is 21. The molecule has 0 bridgehead atoms. The van der Waals surface area contributed by atoms with Crippen molar-refractivity contribution in [3.8, 4) is 143 Å². The van der Waals surface area contributed by atoms with E-state index in [9.17, 15) is 128 Å². The third-order valence-electron chi connectivity index (χ3n) is 11.3. The van der Waals surface area contributed by atoms with Gasteiger partial charge in [-0.3, -0.25) is 0 Å². The number of fused-ring (bicyclic) bond motifs is 6. The van der Waals surface area contributed by atoms with Gasteiger partial charge in [-0.2, -0.15) is 0 Å². The molecular formula is C42H30O26. The van der Waals surface area contributed by atoms with Crippen molar-refractivity contribution in [2.75, 3.05) is 0 Å². The predicted molar refractivity (Wildman–Crippen MR) is 226 cm³/mol. The highest BCUT2D eigenvalue weighted by molar-refractivity contribution is 6.33. The van der Waals surface area contributed by atoms with Crippen LogP contribution in [0.4, 0.5) is 0 Å². The third-order valence-corrected chi connectivity index (χ3v) is 11.3. The number of rotatable bonds is 6. The largest absolute Gasteiger partial charge is 0.511 e. The molecule has 0 atom stereocenters. The zero-order chi connectivity index (χ0) is 50.5. The second-order valence-corrected chi connectivity index (χ2v) is 14.9. The molecule has 0 unspecified atom stereocenters. The molecule has 25 N–H and O–H groups in total. The first-order valence-corrected chi connectivity index (χ1v) is 18.4. The summed E-state index contributed by atoms with van der Waals surface area (Å²) in [5.74, 6) is -37.0. The maximum atomic E-state index is 12.3. The topological polar surface area (TPSA) is 519 Å². The number of aliphatic hydroxyl groups excluding tert-OH is 3. The summed E-state index contributed by atoms with van der Waals surface area (Å²) in [5, 5.41) is 267. The van der Waals surface area contributed by atoms with E-state index in [-0.39, 0.29) is 0 Å². The second-order valence-electron chi connectivity index (χ2n) is 14.9. The van der Waals surface area contributed by atoms with Gasteiger partial charge < -0.3 is 132 Å². The maximum absolute atomic E-state index is 12.3. The van der Waals surface area contributed by atoms with Crippen molar-refractivity contribution in [2.24, 2.45) is 0 Å². The van der Waals surface area contributed by atoms with Crippen LogP contribution < -0.4 is 0 Å². The Bertz CT molecular complexity index is 3650. The fourth-order valence-electron chi connectivity index (χ4n) is 8.35. The number of hydrogen-bond donors (Lipinski definition) is 25. The van der Waals surface area contributed by atoms with Gasteiger partial charge in [0.25, 0.3) is 0 Å². The lowest BCUT2D eigenvalue weighted by Crippen LogP contribution is -2.08. The van der Waals surface area contributed by atoms with Crippen LogP contribution in [0.15, 0.2) is 22.5 Å². The minimum atomic E-state index is -2.50. The van der Waals surface area contributed by atoms with Gasteiger partial charge in [-0.1, -0.05) is 6.58 Å². The van der Waals surface area contributed by atoms with Crippen molar-refractivity contribution in [3.63, 3.8) is 0 Å². The first kappa shape index (κ1) is 44.5. The first-order valence-electron chi connectivity index (χ1n) is 18.4. The van der Waals surface area contributed by atoms with Crippen LogP contribution in [0.25, 0.3) is 82.1 Å². The van der Waals surface area contributed by atoms with Crippen molar-refractivity contribution in [1.82, 2.24) is 0 Å². The van der Waals surface area contributed by atoms with Crippen LogP contribution >= 0.6 is 0 Å². The monoisotopic (exact) mass is 950 g/mol. The van der Waals surface area contributed by atoms with Gasteiger partial charge in [0, 0.05) is 43.8 Å². The van der Waals surface area contributed by atoms with Crippen molar-refractivity contribution < 1.29 is 132 Å². The number of allylic oxidation sites excluding steroid dienone is 1. The molecule has 1 heterocycles. The average molecular weight is 951 g/mol. The smallest absolute Gasteiger partial charge is 0.205 e. The van der Waals surface area contributed by atoms with Crippen molar-refractivity contribution in [2.45, 2.75) is 12.7 Å². The maximum Gasteiger partial charge on any atom is 0.205 e. The Balaban J connectivity index is 1.75. The molecule has 68 heavy (non-hydrogen) atoms. The van der Waals surface area contributed by atoms with E-state index >= 15 is 0 Å². The standard InChI is InChI=1S/C42H30O26/c1-3(43)6(4(44)2-5(45)46)9-10(23(50)33(60)32(59)22(9)49)7-11-13(26(53)36(63)34(61)24(11)51)8(14-12(7)25(52)35(62)37(64)27(14)54)15-20(47)19-18-21(48)16-17(29(56)39(66)38(65)28(16)55)31(58)41(18)68-42(19)40(67)30(15)57/h5,43-67H,1-2H2/b6-4-. The van der Waals surface area contributed by atoms with Gasteiger partial charge in [0.05, 0.1) is 39.1 Å². The summed E-state index contributed by atoms with van der Waals surface area (Å²) in [6.45, 7) is 3.17. The predicted octanol–water partition coefficient (Wildman–Crippen LogP) is 4.24. The van der Waals surface area contributed by atoms with Crippen molar-refractivity contribution in [3.05, 3.63) is 23.7 Å². The van der Waals surface area contributed by atoms with Crippen LogP contribution in [0.1, 0.15) is 12.0 Å². The summed E-state index contributed by atoms with van der Waals surface area (Å²) in [6.07, 6.45) is -3.79. The summed E-state index contributed by atoms with van der Waals surface area (Å²) in [4.78, 5) is 0. The van der Waals surface area contributed by atoms with E-state index in [2.05, 4.69) is 6.58 Å². The van der Waals surface area contributed by atoms with Gasteiger partial charge in [-0.25, -0.2) is 0 Å². The molecular weight excluding hydrogens is 920 g/mol. The van der Waals surface area contributed by atoms with Crippen LogP contribution in [-0.4, -0.2) is 134 Å². The summed E-state index contributed by atoms with van der Waals surface area (Å²) in [7, 11) is 0. The van der Waals surface area contributed by atoms with Gasteiger partial charge in [0.15, 0.2) is 75.0 Å². The van der Waals surface area contributed by atoms with E-state index in [0.717, 1.165) is 0 Å². The highest BCUT2D eigenvalue weighted by Gasteiger charge is 2.40. The molecule has 0 fully saturated rings. The number of aliphatic hydroxyl groups is 4. The number of aromatic hydroxyl groups is 21. The molecule has 0 spiro atoms. The van der Waals surface area contributed by atoms with Gasteiger partial charge in [0.1, 0.15) is 23.0 Å². The minimum absolute atomic E-state index is 1.01. The molecule has 8 aromatic rings. The molecule has 0 saturated carbocycles. The Labute approximate surface area is 370 Å². The zero-order valence-electron chi connectivity index (χ0n) is 33.1. The molecule has 1 aromatic heterocycles. The summed E-state index contributed by atoms with van der Waals surface area (Å²) in [6, 6.07) is 0. The van der Waals surface area contributed by atoms with Crippen LogP contribution in [0, 0.1) is 0 Å². The van der Waals surface area contributed by atoms with Crippen LogP contribution in [0.5, 0.6) is 121 Å². The fourth-order valence-corrected chi connectivity index (χ4v) is 8.35. The van der Waals surface area contributed by atoms with Gasteiger partial charge in [0.2, 0.25) is 51.7 Å². The second kappa shape index (κ2) is 14.2. The molecule has 354 valence electrons. The zero-order valence-corrected chi connectivity index (χ0v) is 33.1. The Morgan fingerprint density at radius 2 is 0.647 bits per heavy atom. The van der Waals surface area contributed by atoms with Gasteiger partial charge in [-0.15, -0.1) is 0 Å². The fraction of sp³-hybridized carbons (Fsp3) is 0.0476. The number of hydrogen-bond acceptors (Lipinski definition) is 26. The number of furan rings is 1. The number of phenols is 21. The highest BCUT2D eigenvalue weighted by Crippen LogP contribution is 2.68. The lowest BCUT2D eigenvalue weighted by Gasteiger charge is -2.26. The molecule has 7 aromatic carbocycles. The van der Waals surface area contributed by atoms with E-state index in [1.165, 1.54) is 0 Å². The van der Waals surface area contributed by atoms with E-state index in [0.29, 0.717) is 0 Å². The van der Waals surface area contributed by atoms with E-state index in [1.807, 2.05) is 0 Å². The normalized spacial score (nSPS) is 12.3. The molecule has 26 heteroatoms. The van der Waals surface area contributed by atoms with Crippen molar-refractivity contribution >= 4 is 59.8 Å². The van der Waals surface area contributed by atoms with E-state index < -0.39 is 233 Å². The van der Waals surface area contributed by atoms with E-state index in [4.69, 9.17) is 4.42 Å². The number of benzene rings is 7. The third kappa shape index (κ3) is 5.33. The molecule has 0 amide bonds. The van der Waals surface area contributed by atoms with E-state index in [1.54, 1.807) is 0 Å². The van der Waals surface area contributed by atoms with Gasteiger partial charge in [-0.05, 0) is 0 Å². The lowest BCUT2D eigenvalue weighted by molar-refractivity contribution is -0.0439. The summed E-state index contributed by atoms with van der Waals surface area (Å²) >= 11 is 0. The molecule has 0 aliphatic heterocycles. The first-order chi connectivity index (χ1) is 31.6. The Kier molecular flexibility index (Phi) is 9.30. The van der Waals surface area contributed by atoms with Crippen LogP contribution in [0.2, 0.25) is 0 Å². The molecule has 8 rings (SSSR count).